The van der Waals surface area contributed by atoms with Gasteiger partial charge in [0, 0.05) is 0 Å². The highest BCUT2D eigenvalue weighted by Gasteiger charge is 2.15. The summed E-state index contributed by atoms with van der Waals surface area (Å²) in [6.07, 6.45) is 5.15. The topological polar surface area (TPSA) is 26.3 Å². The molecular weight excluding hydrogens is 212 g/mol. The second-order valence-corrected chi connectivity index (χ2v) is 4.12. The van der Waals surface area contributed by atoms with Crippen LogP contribution >= 0.6 is 0 Å². The van der Waals surface area contributed by atoms with Crippen molar-refractivity contribution >= 4 is 5.97 Å². The first-order chi connectivity index (χ1) is 8.27. The maximum Gasteiger partial charge on any atom is 0.310 e. The van der Waals surface area contributed by atoms with Gasteiger partial charge in [0.2, 0.25) is 0 Å². The third kappa shape index (κ3) is 5.03. The van der Waals surface area contributed by atoms with Crippen LogP contribution in [0.4, 0.5) is 0 Å². The van der Waals surface area contributed by atoms with Crippen LogP contribution in [0.15, 0.2) is 30.3 Å². The fraction of sp³-hybridized carbons (Fsp3) is 0.467. The molecule has 0 fully saturated rings. The van der Waals surface area contributed by atoms with E-state index in [4.69, 9.17) is 4.74 Å². The SMILES string of the molecule is CCC[CH]C(=O)OC(CCC)c1ccccc1. The molecule has 17 heavy (non-hydrogen) atoms. The van der Waals surface area contributed by atoms with Crippen molar-refractivity contribution in [2.75, 3.05) is 0 Å². The van der Waals surface area contributed by atoms with Gasteiger partial charge in [0.1, 0.15) is 6.10 Å². The summed E-state index contributed by atoms with van der Waals surface area (Å²) in [5, 5.41) is 0. The highest BCUT2D eigenvalue weighted by atomic mass is 16.5. The molecule has 0 heterocycles. The number of benzene rings is 1. The Morgan fingerprint density at radius 2 is 1.94 bits per heavy atom. The lowest BCUT2D eigenvalue weighted by Crippen LogP contribution is -2.11. The molecule has 93 valence electrons. The Balaban J connectivity index is 2.57. The van der Waals surface area contributed by atoms with Crippen LogP contribution in [0.1, 0.15) is 51.2 Å². The van der Waals surface area contributed by atoms with Gasteiger partial charge in [0.25, 0.3) is 0 Å². The quantitative estimate of drug-likeness (QED) is 0.663. The third-order valence-electron chi connectivity index (χ3n) is 2.58. The molecule has 1 unspecified atom stereocenters. The van der Waals surface area contributed by atoms with E-state index in [1.165, 1.54) is 0 Å². The van der Waals surface area contributed by atoms with Gasteiger partial charge in [-0.1, -0.05) is 57.0 Å². The minimum atomic E-state index is -0.200. The summed E-state index contributed by atoms with van der Waals surface area (Å²) in [6, 6.07) is 9.93. The summed E-state index contributed by atoms with van der Waals surface area (Å²) in [7, 11) is 0. The van der Waals surface area contributed by atoms with E-state index >= 15 is 0 Å². The molecule has 0 aliphatic carbocycles. The predicted molar refractivity (Wildman–Crippen MR) is 69.4 cm³/mol. The minimum absolute atomic E-state index is 0.109. The van der Waals surface area contributed by atoms with Gasteiger partial charge in [0.05, 0.1) is 6.42 Å². The Hall–Kier alpha value is -1.31. The summed E-state index contributed by atoms with van der Waals surface area (Å²) >= 11 is 0. The Labute approximate surface area is 104 Å². The van der Waals surface area contributed by atoms with E-state index in [2.05, 4.69) is 6.92 Å². The average molecular weight is 233 g/mol. The average Bonchev–Trinajstić information content (AvgIpc) is 2.37. The first-order valence-electron chi connectivity index (χ1n) is 6.36. The van der Waals surface area contributed by atoms with Crippen molar-refractivity contribution in [1.29, 1.82) is 0 Å². The number of esters is 1. The van der Waals surface area contributed by atoms with Crippen molar-refractivity contribution < 1.29 is 9.53 Å². The zero-order valence-electron chi connectivity index (χ0n) is 10.7. The molecule has 0 amide bonds. The minimum Gasteiger partial charge on any atom is -0.457 e. The molecule has 0 saturated carbocycles. The molecule has 0 N–H and O–H groups in total. The van der Waals surface area contributed by atoms with Crippen LogP contribution in [0, 0.1) is 6.42 Å². The van der Waals surface area contributed by atoms with Crippen molar-refractivity contribution in [2.45, 2.75) is 45.6 Å². The zero-order chi connectivity index (χ0) is 12.5. The molecule has 1 aromatic carbocycles. The Morgan fingerprint density at radius 3 is 2.53 bits per heavy atom. The van der Waals surface area contributed by atoms with Crippen LogP contribution in [-0.2, 0) is 9.53 Å². The van der Waals surface area contributed by atoms with Crippen molar-refractivity contribution in [2.24, 2.45) is 0 Å². The molecule has 2 heteroatoms. The van der Waals surface area contributed by atoms with E-state index in [9.17, 15) is 4.79 Å². The maximum absolute atomic E-state index is 11.6. The van der Waals surface area contributed by atoms with Crippen molar-refractivity contribution in [3.63, 3.8) is 0 Å². The Morgan fingerprint density at radius 1 is 1.24 bits per heavy atom. The molecule has 1 radical (unpaired) electrons. The van der Waals surface area contributed by atoms with Gasteiger partial charge in [-0.25, -0.2) is 0 Å². The summed E-state index contributed by atoms with van der Waals surface area (Å²) in [4.78, 5) is 11.6. The van der Waals surface area contributed by atoms with Crippen LogP contribution in [0.25, 0.3) is 0 Å². The van der Waals surface area contributed by atoms with Crippen molar-refractivity contribution in [3.05, 3.63) is 42.3 Å². The smallest absolute Gasteiger partial charge is 0.310 e. The Bertz CT molecular complexity index is 319. The van der Waals surface area contributed by atoms with E-state index in [-0.39, 0.29) is 12.1 Å². The number of carbonyl (C=O) groups is 1. The number of ether oxygens (including phenoxy) is 1. The van der Waals surface area contributed by atoms with Crippen LogP contribution in [0.2, 0.25) is 0 Å². The first kappa shape index (κ1) is 13.8. The number of carbonyl (C=O) groups excluding carboxylic acids is 1. The molecule has 1 atom stereocenters. The molecule has 0 bridgehead atoms. The van der Waals surface area contributed by atoms with Crippen molar-refractivity contribution in [1.82, 2.24) is 0 Å². The van der Waals surface area contributed by atoms with E-state index in [1.807, 2.05) is 37.3 Å². The van der Waals surface area contributed by atoms with E-state index in [0.717, 1.165) is 31.2 Å². The van der Waals surface area contributed by atoms with E-state index < -0.39 is 0 Å². The summed E-state index contributed by atoms with van der Waals surface area (Å²) in [6.45, 7) is 4.14. The fourth-order valence-electron chi connectivity index (χ4n) is 1.67. The Kier molecular flexibility index (Phi) is 6.38. The molecule has 0 saturated heterocycles. The summed E-state index contributed by atoms with van der Waals surface area (Å²) in [5.74, 6) is -0.200. The number of hydrogen-bond acceptors (Lipinski definition) is 2. The van der Waals surface area contributed by atoms with Gasteiger partial charge < -0.3 is 4.74 Å². The number of unbranched alkanes of at least 4 members (excludes halogenated alkanes) is 1. The fourth-order valence-corrected chi connectivity index (χ4v) is 1.67. The molecule has 0 spiro atoms. The standard InChI is InChI=1S/C15H21O2/c1-3-5-12-15(16)17-14(9-4-2)13-10-7-6-8-11-13/h6-8,10-12,14H,3-5,9H2,1-2H3. The van der Waals surface area contributed by atoms with Gasteiger partial charge in [0.15, 0.2) is 0 Å². The molecule has 0 aromatic heterocycles. The zero-order valence-corrected chi connectivity index (χ0v) is 10.7. The van der Waals surface area contributed by atoms with Crippen LogP contribution in [-0.4, -0.2) is 5.97 Å². The molecule has 1 aromatic rings. The van der Waals surface area contributed by atoms with Gasteiger partial charge in [-0.2, -0.15) is 0 Å². The van der Waals surface area contributed by atoms with Gasteiger partial charge in [-0.15, -0.1) is 0 Å². The van der Waals surface area contributed by atoms with E-state index in [0.29, 0.717) is 0 Å². The number of hydrogen-bond donors (Lipinski definition) is 0. The lowest BCUT2D eigenvalue weighted by molar-refractivity contribution is -0.145. The van der Waals surface area contributed by atoms with E-state index in [1.54, 1.807) is 6.42 Å². The van der Waals surface area contributed by atoms with Gasteiger partial charge in [-0.05, 0) is 18.4 Å². The molecular formula is C15H21O2. The maximum atomic E-state index is 11.6. The predicted octanol–water partition coefficient (Wildman–Crippen LogP) is 4.08. The second kappa shape index (κ2) is 7.88. The van der Waals surface area contributed by atoms with Gasteiger partial charge in [-0.3, -0.25) is 4.79 Å². The molecule has 0 aliphatic heterocycles. The molecule has 1 rings (SSSR count). The highest BCUT2D eigenvalue weighted by molar-refractivity contribution is 5.78. The largest absolute Gasteiger partial charge is 0.457 e. The molecule has 2 nitrogen and oxygen atoms in total. The normalized spacial score (nSPS) is 12.1. The molecule has 0 aliphatic rings. The van der Waals surface area contributed by atoms with Crippen LogP contribution in [0.3, 0.4) is 0 Å². The van der Waals surface area contributed by atoms with Crippen molar-refractivity contribution in [3.8, 4) is 0 Å². The second-order valence-electron chi connectivity index (χ2n) is 4.12. The number of rotatable bonds is 7. The van der Waals surface area contributed by atoms with Crippen LogP contribution in [0.5, 0.6) is 0 Å². The lowest BCUT2D eigenvalue weighted by atomic mass is 10.1. The summed E-state index contributed by atoms with van der Waals surface area (Å²) < 4.78 is 5.48. The first-order valence-corrected chi connectivity index (χ1v) is 6.36. The summed E-state index contributed by atoms with van der Waals surface area (Å²) in [5.41, 5.74) is 1.08. The monoisotopic (exact) mass is 233 g/mol. The van der Waals surface area contributed by atoms with Gasteiger partial charge >= 0.3 is 5.97 Å². The lowest BCUT2D eigenvalue weighted by Gasteiger charge is -2.17. The van der Waals surface area contributed by atoms with Crippen LogP contribution < -0.4 is 0 Å². The third-order valence-corrected chi connectivity index (χ3v) is 2.58. The highest BCUT2D eigenvalue weighted by Crippen LogP contribution is 2.23.